The number of pyridine rings is 1. The predicted octanol–water partition coefficient (Wildman–Crippen LogP) is 3.88. The topological polar surface area (TPSA) is 122 Å². The summed E-state index contributed by atoms with van der Waals surface area (Å²) in [7, 11) is -1.29. The number of aromatic nitrogens is 4. The Bertz CT molecular complexity index is 1670. The molecule has 2 N–H and O–H groups in total. The lowest BCUT2D eigenvalue weighted by Gasteiger charge is -2.31. The molecule has 10 nitrogen and oxygen atoms in total. The summed E-state index contributed by atoms with van der Waals surface area (Å²) in [5.74, 6) is 1.71. The molecule has 1 amide bonds. The lowest BCUT2D eigenvalue weighted by Crippen LogP contribution is -2.47. The SMILES string of the molecule is COc1cc(-c2[nH]c3ccc(C4CCC(NC(=O)CN5CCS(=O)(=O)CC5)CC4)cc3c2C(C)C)cn2ncnc12. The van der Waals surface area contributed by atoms with Gasteiger partial charge in [-0.2, -0.15) is 5.10 Å². The molecule has 0 atom stereocenters. The van der Waals surface area contributed by atoms with Gasteiger partial charge < -0.3 is 15.0 Å². The Morgan fingerprint density at radius 2 is 1.90 bits per heavy atom. The molecule has 0 spiro atoms. The number of rotatable bonds is 7. The third kappa shape index (κ3) is 5.70. The molecule has 3 aromatic heterocycles. The summed E-state index contributed by atoms with van der Waals surface area (Å²) in [6.45, 7) is 5.59. The highest BCUT2D eigenvalue weighted by Crippen LogP contribution is 2.40. The van der Waals surface area contributed by atoms with Gasteiger partial charge in [0, 0.05) is 41.8 Å². The van der Waals surface area contributed by atoms with Crippen molar-refractivity contribution in [3.8, 4) is 17.0 Å². The predicted molar refractivity (Wildman–Crippen MR) is 159 cm³/mol. The van der Waals surface area contributed by atoms with Gasteiger partial charge >= 0.3 is 0 Å². The van der Waals surface area contributed by atoms with E-state index in [0.717, 1.165) is 42.5 Å². The first kappa shape index (κ1) is 27.7. The zero-order valence-corrected chi connectivity index (χ0v) is 24.7. The van der Waals surface area contributed by atoms with Crippen LogP contribution in [0.4, 0.5) is 0 Å². The zero-order valence-electron chi connectivity index (χ0n) is 23.9. The fourth-order valence-corrected chi connectivity index (χ4v) is 7.73. The molecule has 2 aliphatic rings. The number of nitrogens with one attached hydrogen (secondary N) is 2. The van der Waals surface area contributed by atoms with E-state index in [1.807, 2.05) is 17.2 Å². The second kappa shape index (κ2) is 11.1. The molecule has 11 heteroatoms. The maximum absolute atomic E-state index is 12.6. The second-order valence-corrected chi connectivity index (χ2v) is 14.0. The number of H-pyrrole nitrogens is 1. The molecule has 1 saturated heterocycles. The minimum Gasteiger partial charge on any atom is -0.493 e. The highest BCUT2D eigenvalue weighted by Gasteiger charge is 2.27. The summed E-state index contributed by atoms with van der Waals surface area (Å²) >= 11 is 0. The first-order chi connectivity index (χ1) is 19.7. The number of carbonyl (C=O) groups is 1. The van der Waals surface area contributed by atoms with Gasteiger partial charge in [-0.05, 0) is 66.8 Å². The molecular formula is C30H38N6O4S. The molecule has 1 saturated carbocycles. The molecular weight excluding hydrogens is 540 g/mol. The van der Waals surface area contributed by atoms with Crippen LogP contribution in [0.2, 0.25) is 0 Å². The van der Waals surface area contributed by atoms with Crippen LogP contribution in [0.1, 0.15) is 62.5 Å². The highest BCUT2D eigenvalue weighted by atomic mass is 32.2. The smallest absolute Gasteiger partial charge is 0.234 e. The Kier molecular flexibility index (Phi) is 7.50. The fraction of sp³-hybridized carbons (Fsp3) is 0.500. The van der Waals surface area contributed by atoms with Crippen molar-refractivity contribution in [2.45, 2.75) is 57.4 Å². The molecule has 1 aromatic carbocycles. The number of amides is 1. The minimum atomic E-state index is -2.94. The standard InChI is InChI=1S/C30H38N6O4S/c1-19(2)28-24-14-21(6-9-25(24)34-29(28)22-15-26(40-3)30-31-18-32-36(30)16-22)20-4-7-23(8-5-20)33-27(37)17-35-10-12-41(38,39)13-11-35/h6,9,14-16,18-20,23,34H,4-5,7-8,10-13,17H2,1-3H3,(H,33,37). The van der Waals surface area contributed by atoms with Crippen LogP contribution in [0.25, 0.3) is 27.8 Å². The molecule has 218 valence electrons. The van der Waals surface area contributed by atoms with E-state index in [9.17, 15) is 13.2 Å². The van der Waals surface area contributed by atoms with Crippen LogP contribution in [0, 0.1) is 0 Å². The monoisotopic (exact) mass is 578 g/mol. The number of benzene rings is 1. The largest absolute Gasteiger partial charge is 0.493 e. The second-order valence-electron chi connectivity index (χ2n) is 11.7. The van der Waals surface area contributed by atoms with E-state index in [2.05, 4.69) is 52.4 Å². The van der Waals surface area contributed by atoms with E-state index < -0.39 is 9.84 Å². The molecule has 6 rings (SSSR count). The van der Waals surface area contributed by atoms with Gasteiger partial charge in [-0.15, -0.1) is 0 Å². The Labute approximate surface area is 240 Å². The third-order valence-electron chi connectivity index (χ3n) is 8.66. The maximum Gasteiger partial charge on any atom is 0.234 e. The molecule has 1 aliphatic carbocycles. The Morgan fingerprint density at radius 3 is 2.61 bits per heavy atom. The summed E-state index contributed by atoms with van der Waals surface area (Å²) in [5, 5.41) is 8.77. The van der Waals surface area contributed by atoms with Crippen LogP contribution in [-0.2, 0) is 14.6 Å². The van der Waals surface area contributed by atoms with Crippen molar-refractivity contribution < 1.29 is 17.9 Å². The lowest BCUT2D eigenvalue weighted by atomic mass is 9.81. The van der Waals surface area contributed by atoms with Gasteiger partial charge in [-0.1, -0.05) is 19.9 Å². The van der Waals surface area contributed by atoms with Gasteiger partial charge in [-0.25, -0.2) is 17.9 Å². The van der Waals surface area contributed by atoms with E-state index in [-0.39, 0.29) is 30.0 Å². The van der Waals surface area contributed by atoms with Crippen LogP contribution < -0.4 is 10.1 Å². The number of sulfone groups is 1. The molecule has 41 heavy (non-hydrogen) atoms. The summed E-state index contributed by atoms with van der Waals surface area (Å²) in [6, 6.07) is 8.97. The molecule has 0 bridgehead atoms. The summed E-state index contributed by atoms with van der Waals surface area (Å²) < 4.78 is 30.7. The molecule has 4 heterocycles. The van der Waals surface area contributed by atoms with E-state index in [4.69, 9.17) is 4.74 Å². The Hall–Kier alpha value is -3.44. The number of methoxy groups -OCH3 is 1. The number of hydrogen-bond acceptors (Lipinski definition) is 7. The van der Waals surface area contributed by atoms with Gasteiger partial charge in [0.2, 0.25) is 5.91 Å². The van der Waals surface area contributed by atoms with Crippen molar-refractivity contribution in [2.75, 3.05) is 38.2 Å². The number of carbonyl (C=O) groups excluding carboxylic acids is 1. The van der Waals surface area contributed by atoms with Crippen molar-refractivity contribution in [3.63, 3.8) is 0 Å². The van der Waals surface area contributed by atoms with Crippen molar-refractivity contribution in [2.24, 2.45) is 0 Å². The minimum absolute atomic E-state index is 0.00342. The quantitative estimate of drug-likeness (QED) is 0.341. The van der Waals surface area contributed by atoms with Crippen LogP contribution >= 0.6 is 0 Å². The number of ether oxygens (including phenoxy) is 1. The average molecular weight is 579 g/mol. The van der Waals surface area contributed by atoms with E-state index in [1.165, 1.54) is 22.8 Å². The molecule has 0 radical (unpaired) electrons. The molecule has 1 aliphatic heterocycles. The Morgan fingerprint density at radius 1 is 1.15 bits per heavy atom. The van der Waals surface area contributed by atoms with Crippen LogP contribution in [0.3, 0.4) is 0 Å². The third-order valence-corrected chi connectivity index (χ3v) is 10.3. The van der Waals surface area contributed by atoms with Crippen molar-refractivity contribution >= 4 is 32.3 Å². The van der Waals surface area contributed by atoms with E-state index in [1.54, 1.807) is 11.6 Å². The van der Waals surface area contributed by atoms with Crippen molar-refractivity contribution in [1.82, 2.24) is 29.8 Å². The number of aromatic amines is 1. The molecule has 0 unspecified atom stereocenters. The van der Waals surface area contributed by atoms with Gasteiger partial charge in [0.25, 0.3) is 0 Å². The van der Waals surface area contributed by atoms with Gasteiger partial charge in [0.05, 0.1) is 30.9 Å². The molecule has 2 fully saturated rings. The number of nitrogens with zero attached hydrogens (tertiary/aromatic N) is 4. The van der Waals surface area contributed by atoms with Gasteiger partial charge in [0.15, 0.2) is 21.2 Å². The maximum atomic E-state index is 12.6. The normalized spacial score (nSPS) is 21.5. The van der Waals surface area contributed by atoms with Crippen LogP contribution in [-0.4, -0.2) is 83.1 Å². The van der Waals surface area contributed by atoms with E-state index in [0.29, 0.717) is 36.3 Å². The highest BCUT2D eigenvalue weighted by molar-refractivity contribution is 7.91. The summed E-state index contributed by atoms with van der Waals surface area (Å²) in [6.07, 6.45) is 7.45. The average Bonchev–Trinajstić information content (AvgIpc) is 3.58. The zero-order chi connectivity index (χ0) is 28.7. The van der Waals surface area contributed by atoms with Gasteiger partial charge in [0.1, 0.15) is 6.33 Å². The van der Waals surface area contributed by atoms with Crippen molar-refractivity contribution in [1.29, 1.82) is 0 Å². The van der Waals surface area contributed by atoms with Crippen LogP contribution in [0.5, 0.6) is 5.75 Å². The number of hydrogen-bond donors (Lipinski definition) is 2. The Balaban J connectivity index is 1.16. The fourth-order valence-electron chi connectivity index (χ4n) is 6.45. The van der Waals surface area contributed by atoms with Crippen LogP contribution in [0.15, 0.2) is 36.8 Å². The summed E-state index contributed by atoms with van der Waals surface area (Å²) in [4.78, 5) is 22.5. The van der Waals surface area contributed by atoms with Crippen molar-refractivity contribution in [3.05, 3.63) is 47.9 Å². The first-order valence-corrected chi connectivity index (χ1v) is 16.3. The lowest BCUT2D eigenvalue weighted by molar-refractivity contribution is -0.123. The van der Waals surface area contributed by atoms with E-state index >= 15 is 0 Å². The first-order valence-electron chi connectivity index (χ1n) is 14.5. The number of fused-ring (bicyclic) bond motifs is 2. The molecule has 4 aromatic rings. The van der Waals surface area contributed by atoms with Gasteiger partial charge in [-0.3, -0.25) is 9.69 Å². The summed E-state index contributed by atoms with van der Waals surface area (Å²) in [5.41, 5.74) is 6.48.